The van der Waals surface area contributed by atoms with Crippen LogP contribution in [0.3, 0.4) is 0 Å². The van der Waals surface area contributed by atoms with E-state index in [0.717, 1.165) is 32.3 Å². The lowest BCUT2D eigenvalue weighted by Gasteiger charge is -2.42. The van der Waals surface area contributed by atoms with Gasteiger partial charge in [0, 0.05) is 20.3 Å². The molecule has 0 saturated heterocycles. The van der Waals surface area contributed by atoms with E-state index in [1.165, 1.54) is 17.5 Å². The van der Waals surface area contributed by atoms with Crippen molar-refractivity contribution in [1.82, 2.24) is 0 Å². The number of rotatable bonds is 7. The van der Waals surface area contributed by atoms with Crippen LogP contribution in [0.5, 0.6) is 0 Å². The number of ether oxygens (including phenoxy) is 2. The summed E-state index contributed by atoms with van der Waals surface area (Å²) in [7, 11) is 3.53. The predicted molar refractivity (Wildman–Crippen MR) is 77.2 cm³/mol. The number of hydrogen-bond donors (Lipinski definition) is 1. The highest BCUT2D eigenvalue weighted by molar-refractivity contribution is 5.25. The molecule has 3 nitrogen and oxygen atoms in total. The SMILES string of the molecule is COCCc1ccc(C(N)CC2(OC)CCC2)cc1. The second kappa shape index (κ2) is 6.51. The Morgan fingerprint density at radius 3 is 2.37 bits per heavy atom. The standard InChI is InChI=1S/C16H25NO2/c1-18-11-8-13-4-6-14(7-5-13)15(17)12-16(19-2)9-3-10-16/h4-7,15H,3,8-12,17H2,1-2H3. The van der Waals surface area contributed by atoms with E-state index in [9.17, 15) is 0 Å². The van der Waals surface area contributed by atoms with Gasteiger partial charge in [-0.3, -0.25) is 0 Å². The summed E-state index contributed by atoms with van der Waals surface area (Å²) in [4.78, 5) is 0. The van der Waals surface area contributed by atoms with Crippen LogP contribution in [0.25, 0.3) is 0 Å². The molecular weight excluding hydrogens is 238 g/mol. The molecule has 1 aromatic carbocycles. The Kier molecular flexibility index (Phi) is 4.97. The molecule has 1 unspecified atom stereocenters. The summed E-state index contributed by atoms with van der Waals surface area (Å²) in [6.45, 7) is 0.762. The van der Waals surface area contributed by atoms with Gasteiger partial charge in [0.1, 0.15) is 0 Å². The van der Waals surface area contributed by atoms with E-state index in [0.29, 0.717) is 0 Å². The Morgan fingerprint density at radius 1 is 1.21 bits per heavy atom. The highest BCUT2D eigenvalue weighted by Gasteiger charge is 2.38. The van der Waals surface area contributed by atoms with Crippen molar-refractivity contribution >= 4 is 0 Å². The van der Waals surface area contributed by atoms with Gasteiger partial charge in [-0.2, -0.15) is 0 Å². The second-order valence-corrected chi connectivity index (χ2v) is 5.54. The molecule has 0 spiro atoms. The average Bonchev–Trinajstić information content (AvgIpc) is 2.41. The lowest BCUT2D eigenvalue weighted by Crippen LogP contribution is -2.41. The smallest absolute Gasteiger partial charge is 0.0696 e. The third-order valence-corrected chi connectivity index (χ3v) is 4.29. The Labute approximate surface area is 116 Å². The molecule has 0 bridgehead atoms. The summed E-state index contributed by atoms with van der Waals surface area (Å²) in [5.41, 5.74) is 8.84. The first-order valence-electron chi connectivity index (χ1n) is 7.08. The molecule has 1 atom stereocenters. The van der Waals surface area contributed by atoms with Crippen molar-refractivity contribution in [2.24, 2.45) is 5.73 Å². The molecule has 0 aromatic heterocycles. The van der Waals surface area contributed by atoms with Gasteiger partial charge in [0.05, 0.1) is 12.2 Å². The van der Waals surface area contributed by atoms with Crippen molar-refractivity contribution < 1.29 is 9.47 Å². The van der Waals surface area contributed by atoms with E-state index < -0.39 is 0 Å². The zero-order chi connectivity index (χ0) is 13.7. The Morgan fingerprint density at radius 2 is 1.89 bits per heavy atom. The first kappa shape index (κ1) is 14.5. The maximum atomic E-state index is 6.31. The first-order chi connectivity index (χ1) is 9.19. The fourth-order valence-electron chi connectivity index (χ4n) is 2.73. The van der Waals surface area contributed by atoms with Crippen molar-refractivity contribution in [3.63, 3.8) is 0 Å². The molecule has 1 saturated carbocycles. The molecule has 1 aliphatic rings. The fourth-order valence-corrected chi connectivity index (χ4v) is 2.73. The van der Waals surface area contributed by atoms with Crippen LogP contribution >= 0.6 is 0 Å². The molecule has 1 fully saturated rings. The monoisotopic (exact) mass is 263 g/mol. The molecule has 0 amide bonds. The van der Waals surface area contributed by atoms with E-state index in [-0.39, 0.29) is 11.6 Å². The first-order valence-corrected chi connectivity index (χ1v) is 7.08. The van der Waals surface area contributed by atoms with Gasteiger partial charge in [-0.25, -0.2) is 0 Å². The van der Waals surface area contributed by atoms with Crippen LogP contribution in [0.15, 0.2) is 24.3 Å². The average molecular weight is 263 g/mol. The van der Waals surface area contributed by atoms with E-state index >= 15 is 0 Å². The van der Waals surface area contributed by atoms with Crippen LogP contribution < -0.4 is 5.73 Å². The van der Waals surface area contributed by atoms with Gasteiger partial charge in [-0.15, -0.1) is 0 Å². The van der Waals surface area contributed by atoms with Crippen LogP contribution in [0.1, 0.15) is 42.9 Å². The van der Waals surface area contributed by atoms with E-state index in [1.807, 2.05) is 0 Å². The summed E-state index contributed by atoms with van der Waals surface area (Å²) in [6, 6.07) is 8.63. The summed E-state index contributed by atoms with van der Waals surface area (Å²) >= 11 is 0. The normalized spacial score (nSPS) is 18.9. The molecule has 0 aliphatic heterocycles. The van der Waals surface area contributed by atoms with Crippen molar-refractivity contribution in [3.8, 4) is 0 Å². The van der Waals surface area contributed by atoms with Gasteiger partial charge in [0.15, 0.2) is 0 Å². The number of methoxy groups -OCH3 is 2. The van der Waals surface area contributed by atoms with Crippen LogP contribution in [-0.4, -0.2) is 26.4 Å². The van der Waals surface area contributed by atoms with Gasteiger partial charge >= 0.3 is 0 Å². The van der Waals surface area contributed by atoms with Crippen LogP contribution in [0.2, 0.25) is 0 Å². The minimum absolute atomic E-state index is 0.0359. The van der Waals surface area contributed by atoms with Crippen molar-refractivity contribution in [3.05, 3.63) is 35.4 Å². The van der Waals surface area contributed by atoms with Gasteiger partial charge in [0.25, 0.3) is 0 Å². The summed E-state index contributed by atoms with van der Waals surface area (Å²) in [5, 5.41) is 0. The zero-order valence-corrected chi connectivity index (χ0v) is 12.0. The largest absolute Gasteiger partial charge is 0.384 e. The zero-order valence-electron chi connectivity index (χ0n) is 12.0. The maximum absolute atomic E-state index is 6.31. The van der Waals surface area contributed by atoms with E-state index in [4.69, 9.17) is 15.2 Å². The molecule has 0 heterocycles. The highest BCUT2D eigenvalue weighted by atomic mass is 16.5. The molecule has 1 aromatic rings. The van der Waals surface area contributed by atoms with Crippen molar-refractivity contribution in [1.29, 1.82) is 0 Å². The molecule has 19 heavy (non-hydrogen) atoms. The summed E-state index contributed by atoms with van der Waals surface area (Å²) in [5.74, 6) is 0. The highest BCUT2D eigenvalue weighted by Crippen LogP contribution is 2.41. The molecule has 2 N–H and O–H groups in total. The van der Waals surface area contributed by atoms with Gasteiger partial charge in [-0.1, -0.05) is 24.3 Å². The number of nitrogens with two attached hydrogens (primary N) is 1. The quantitative estimate of drug-likeness (QED) is 0.822. The van der Waals surface area contributed by atoms with Crippen molar-refractivity contribution in [2.75, 3.05) is 20.8 Å². The minimum atomic E-state index is 0.0359. The van der Waals surface area contributed by atoms with Crippen LogP contribution in [0.4, 0.5) is 0 Å². The lowest BCUT2D eigenvalue weighted by molar-refractivity contribution is -0.0816. The van der Waals surface area contributed by atoms with E-state index in [1.54, 1.807) is 14.2 Å². The lowest BCUT2D eigenvalue weighted by atomic mass is 9.75. The predicted octanol–water partition coefficient (Wildman–Crippen LogP) is 2.83. The fraction of sp³-hybridized carbons (Fsp3) is 0.625. The Bertz CT molecular complexity index is 379. The van der Waals surface area contributed by atoms with Gasteiger partial charge in [-0.05, 0) is 43.2 Å². The van der Waals surface area contributed by atoms with E-state index in [2.05, 4.69) is 24.3 Å². The van der Waals surface area contributed by atoms with Gasteiger partial charge < -0.3 is 15.2 Å². The third-order valence-electron chi connectivity index (χ3n) is 4.29. The minimum Gasteiger partial charge on any atom is -0.384 e. The summed E-state index contributed by atoms with van der Waals surface area (Å²) < 4.78 is 10.7. The number of benzene rings is 1. The summed E-state index contributed by atoms with van der Waals surface area (Å²) in [6.07, 6.45) is 5.41. The van der Waals surface area contributed by atoms with Gasteiger partial charge in [0.2, 0.25) is 0 Å². The Balaban J connectivity index is 1.93. The van der Waals surface area contributed by atoms with Crippen LogP contribution in [-0.2, 0) is 15.9 Å². The second-order valence-electron chi connectivity index (χ2n) is 5.54. The topological polar surface area (TPSA) is 44.5 Å². The molecule has 1 aliphatic carbocycles. The molecule has 106 valence electrons. The van der Waals surface area contributed by atoms with Crippen LogP contribution in [0, 0.1) is 0 Å². The van der Waals surface area contributed by atoms with Crippen molar-refractivity contribution in [2.45, 2.75) is 43.7 Å². The molecule has 2 rings (SSSR count). The maximum Gasteiger partial charge on any atom is 0.0696 e. The molecular formula is C16H25NO2. The number of hydrogen-bond acceptors (Lipinski definition) is 3. The Hall–Kier alpha value is -0.900. The third kappa shape index (κ3) is 3.56. The molecule has 3 heteroatoms. The molecule has 0 radical (unpaired) electrons.